The van der Waals surface area contributed by atoms with Gasteiger partial charge in [-0.25, -0.2) is 0 Å². The van der Waals surface area contributed by atoms with Gasteiger partial charge in [-0.3, -0.25) is 0 Å². The fourth-order valence-corrected chi connectivity index (χ4v) is 7.50. The molecule has 0 bridgehead atoms. The van der Waals surface area contributed by atoms with Crippen molar-refractivity contribution in [3.05, 3.63) is 224 Å². The maximum absolute atomic E-state index is 9.72. The van der Waals surface area contributed by atoms with Crippen molar-refractivity contribution in [2.24, 2.45) is 0 Å². The second-order valence-electron chi connectivity index (χ2n) is 13.5. The Morgan fingerprint density at radius 1 is 0.273 bits per heavy atom. The van der Waals surface area contributed by atoms with E-state index in [1.807, 2.05) is 158 Å². The Labute approximate surface area is 333 Å². The third-order valence-corrected chi connectivity index (χ3v) is 10.2. The molecule has 0 atom stereocenters. The molecule has 0 aliphatic carbocycles. The van der Waals surface area contributed by atoms with Gasteiger partial charge < -0.3 is 4.90 Å². The first-order valence-corrected chi connectivity index (χ1v) is 18.3. The molecule has 0 heterocycles. The van der Waals surface area contributed by atoms with Gasteiger partial charge in [-0.05, 0) is 119 Å². The van der Waals surface area contributed by atoms with Crippen LogP contribution in [0.15, 0.2) is 224 Å². The molecule has 0 amide bonds. The highest BCUT2D eigenvalue weighted by atomic mass is 15.1. The van der Waals surface area contributed by atoms with Crippen LogP contribution in [0.2, 0.25) is 0 Å². The number of fused-ring (bicyclic) bond motifs is 4. The van der Waals surface area contributed by atoms with E-state index in [1.54, 1.807) is 18.2 Å². The van der Waals surface area contributed by atoms with Gasteiger partial charge in [0.15, 0.2) is 0 Å². The van der Waals surface area contributed by atoms with Crippen LogP contribution in [-0.4, -0.2) is 0 Å². The molecule has 1 nitrogen and oxygen atoms in total. The van der Waals surface area contributed by atoms with Crippen LogP contribution in [0.5, 0.6) is 0 Å². The SMILES string of the molecule is [2H]c1c([2H])c(N(c2cccc(-c3cccc4ccccc34)c2)c2c([2H])c([2H])c(-c3cc4ccccc4c4ccccc34)c([2H])c2[2H])c([2H])c([2H])c1-c1ccc(-c2ccccc2)cc1. The number of nitrogens with zero attached hydrogens (tertiary/aromatic N) is 1. The molecule has 0 fully saturated rings. The van der Waals surface area contributed by atoms with Crippen molar-refractivity contribution >= 4 is 49.4 Å². The number of rotatable bonds is 7. The summed E-state index contributed by atoms with van der Waals surface area (Å²) in [4.78, 5) is 1.38. The van der Waals surface area contributed by atoms with Gasteiger partial charge in [0.25, 0.3) is 0 Å². The topological polar surface area (TPSA) is 3.24 Å². The minimum atomic E-state index is -0.393. The standard InChI is InChI=1S/C54H37N/c1-2-12-38(13-3-1)39-24-26-40(27-25-39)41-28-32-46(33-29-41)55(48-18-10-17-44(36-48)50-23-11-16-42-14-4-6-19-49(42)50)47-34-30-43(31-35-47)54-37-45-15-5-7-20-51(45)52-21-8-9-22-53(52)54/h1-37H/i28D,29D,30D,31D,32D,33D,34D,35D. The lowest BCUT2D eigenvalue weighted by Gasteiger charge is -2.26. The summed E-state index contributed by atoms with van der Waals surface area (Å²) in [6, 6.07) is 53.2. The third kappa shape index (κ3) is 6.12. The smallest absolute Gasteiger partial charge is 0.0645 e. The van der Waals surface area contributed by atoms with Crippen molar-refractivity contribution in [1.29, 1.82) is 0 Å². The molecular weight excluding hydrogens is 663 g/mol. The molecule has 0 radical (unpaired) electrons. The summed E-state index contributed by atoms with van der Waals surface area (Å²) in [5, 5.41) is 5.60. The third-order valence-electron chi connectivity index (χ3n) is 10.2. The first kappa shape index (κ1) is 24.9. The van der Waals surface area contributed by atoms with Crippen molar-refractivity contribution in [3.63, 3.8) is 0 Å². The average molecular weight is 708 g/mol. The van der Waals surface area contributed by atoms with Crippen LogP contribution in [0.1, 0.15) is 11.0 Å². The number of hydrogen-bond donors (Lipinski definition) is 0. The summed E-state index contributed by atoms with van der Waals surface area (Å²) < 4.78 is 76.7. The van der Waals surface area contributed by atoms with Crippen LogP contribution in [0, 0.1) is 0 Å². The molecule has 10 aromatic carbocycles. The minimum Gasteiger partial charge on any atom is -0.310 e. The van der Waals surface area contributed by atoms with E-state index in [9.17, 15) is 11.0 Å². The normalized spacial score (nSPS) is 13.3. The Balaban J connectivity index is 1.22. The lowest BCUT2D eigenvalue weighted by Crippen LogP contribution is -2.10. The molecule has 0 aromatic heterocycles. The first-order chi connectivity index (χ1) is 30.6. The summed E-state index contributed by atoms with van der Waals surface area (Å²) in [7, 11) is 0. The molecule has 0 N–H and O–H groups in total. The highest BCUT2D eigenvalue weighted by molar-refractivity contribution is 6.13. The molecule has 0 saturated carbocycles. The van der Waals surface area contributed by atoms with Crippen LogP contribution in [0.4, 0.5) is 17.1 Å². The molecule has 55 heavy (non-hydrogen) atoms. The van der Waals surface area contributed by atoms with Crippen LogP contribution in [0.25, 0.3) is 76.8 Å². The van der Waals surface area contributed by atoms with E-state index in [-0.39, 0.29) is 46.7 Å². The predicted octanol–water partition coefficient (Wildman–Crippen LogP) is 15.3. The van der Waals surface area contributed by atoms with Crippen molar-refractivity contribution in [2.45, 2.75) is 0 Å². The quantitative estimate of drug-likeness (QED) is 0.149. The molecule has 1 heteroatoms. The molecule has 10 rings (SSSR count). The van der Waals surface area contributed by atoms with Gasteiger partial charge in [-0.2, -0.15) is 0 Å². The molecular formula is C54H37N. The Hall–Kier alpha value is -7.22. The Kier molecular flexibility index (Phi) is 6.33. The Bertz CT molecular complexity index is 3380. The molecule has 10 aromatic rings. The maximum Gasteiger partial charge on any atom is 0.0645 e. The lowest BCUT2D eigenvalue weighted by molar-refractivity contribution is 1.28. The molecule has 0 spiro atoms. The number of hydrogen-bond acceptors (Lipinski definition) is 1. The predicted molar refractivity (Wildman–Crippen MR) is 235 cm³/mol. The Morgan fingerprint density at radius 3 is 1.51 bits per heavy atom. The molecule has 0 aliphatic rings. The van der Waals surface area contributed by atoms with Gasteiger partial charge in [-0.1, -0.05) is 182 Å². The molecule has 0 unspecified atom stereocenters. The Morgan fingerprint density at radius 2 is 0.782 bits per heavy atom. The average Bonchev–Trinajstić information content (AvgIpc) is 3.33. The maximum atomic E-state index is 9.72. The van der Waals surface area contributed by atoms with E-state index in [2.05, 4.69) is 0 Å². The summed E-state index contributed by atoms with van der Waals surface area (Å²) in [6.07, 6.45) is 0. The molecule has 0 aliphatic heterocycles. The first-order valence-electron chi connectivity index (χ1n) is 22.3. The van der Waals surface area contributed by atoms with Crippen molar-refractivity contribution in [2.75, 3.05) is 4.90 Å². The second-order valence-corrected chi connectivity index (χ2v) is 13.5. The highest BCUT2D eigenvalue weighted by Crippen LogP contribution is 2.41. The van der Waals surface area contributed by atoms with Crippen LogP contribution < -0.4 is 4.90 Å². The fourth-order valence-electron chi connectivity index (χ4n) is 7.50. The second kappa shape index (κ2) is 14.0. The van der Waals surface area contributed by atoms with Crippen molar-refractivity contribution in [3.8, 4) is 44.5 Å². The van der Waals surface area contributed by atoms with E-state index in [0.29, 0.717) is 16.8 Å². The van der Waals surface area contributed by atoms with E-state index < -0.39 is 24.2 Å². The molecule has 0 saturated heterocycles. The van der Waals surface area contributed by atoms with Gasteiger partial charge in [0.1, 0.15) is 0 Å². The summed E-state index contributed by atoms with van der Waals surface area (Å²) in [6.45, 7) is 0. The monoisotopic (exact) mass is 707 g/mol. The number of anilines is 3. The summed E-state index contributed by atoms with van der Waals surface area (Å²) in [5.41, 5.74) is 4.83. The highest BCUT2D eigenvalue weighted by Gasteiger charge is 2.16. The fraction of sp³-hybridized carbons (Fsp3) is 0. The zero-order chi connectivity index (χ0) is 43.5. The van der Waals surface area contributed by atoms with Gasteiger partial charge in [0.2, 0.25) is 0 Å². The zero-order valence-corrected chi connectivity index (χ0v) is 29.7. The van der Waals surface area contributed by atoms with E-state index in [4.69, 9.17) is 0 Å². The summed E-state index contributed by atoms with van der Waals surface area (Å²) >= 11 is 0. The molecule has 258 valence electrons. The van der Waals surface area contributed by atoms with Crippen molar-refractivity contribution in [1.82, 2.24) is 0 Å². The van der Waals surface area contributed by atoms with Crippen molar-refractivity contribution < 1.29 is 11.0 Å². The van der Waals surface area contributed by atoms with Gasteiger partial charge in [0, 0.05) is 17.1 Å². The van der Waals surface area contributed by atoms with Gasteiger partial charge >= 0.3 is 0 Å². The van der Waals surface area contributed by atoms with Crippen LogP contribution in [-0.2, 0) is 0 Å². The van der Waals surface area contributed by atoms with E-state index in [1.165, 1.54) is 4.90 Å². The van der Waals surface area contributed by atoms with E-state index >= 15 is 0 Å². The lowest BCUT2D eigenvalue weighted by atomic mass is 9.93. The van der Waals surface area contributed by atoms with E-state index in [0.717, 1.165) is 54.6 Å². The van der Waals surface area contributed by atoms with Crippen LogP contribution >= 0.6 is 0 Å². The largest absolute Gasteiger partial charge is 0.310 e. The minimum absolute atomic E-state index is 0.107. The summed E-state index contributed by atoms with van der Waals surface area (Å²) in [5.74, 6) is 0. The number of benzene rings is 10. The van der Waals surface area contributed by atoms with Gasteiger partial charge in [0.05, 0.1) is 11.0 Å². The van der Waals surface area contributed by atoms with Gasteiger partial charge in [-0.15, -0.1) is 0 Å². The van der Waals surface area contributed by atoms with Crippen LogP contribution in [0.3, 0.4) is 0 Å². The zero-order valence-electron chi connectivity index (χ0n) is 37.7.